The van der Waals surface area contributed by atoms with Crippen molar-refractivity contribution in [1.82, 2.24) is 5.32 Å². The summed E-state index contributed by atoms with van der Waals surface area (Å²) in [5.74, 6) is -1.53. The summed E-state index contributed by atoms with van der Waals surface area (Å²) in [7, 11) is 0. The highest BCUT2D eigenvalue weighted by atomic mass is 16.3. The minimum Gasteiger partial charge on any atom is -0.394 e. The summed E-state index contributed by atoms with van der Waals surface area (Å²) in [6, 6.07) is 14.3. The van der Waals surface area contributed by atoms with E-state index in [0.717, 1.165) is 24.0 Å². The first kappa shape index (κ1) is 18.7. The van der Waals surface area contributed by atoms with Gasteiger partial charge < -0.3 is 15.7 Å². The minimum absolute atomic E-state index is 0.282. The molecule has 0 aromatic heterocycles. The van der Waals surface area contributed by atoms with Gasteiger partial charge in [0.25, 0.3) is 0 Å². The lowest BCUT2D eigenvalue weighted by atomic mass is 10.0. The summed E-state index contributed by atoms with van der Waals surface area (Å²) in [4.78, 5) is 24.2. The Morgan fingerprint density at radius 2 is 1.64 bits per heavy atom. The Kier molecular flexibility index (Phi) is 6.71. The zero-order valence-corrected chi connectivity index (χ0v) is 14.6. The van der Waals surface area contributed by atoms with Gasteiger partial charge in [0.1, 0.15) is 0 Å². The monoisotopic (exact) mass is 340 g/mol. The van der Waals surface area contributed by atoms with Crippen LogP contribution < -0.4 is 10.6 Å². The van der Waals surface area contributed by atoms with Crippen LogP contribution in [-0.2, 0) is 22.4 Å². The van der Waals surface area contributed by atoms with Crippen molar-refractivity contribution in [2.24, 2.45) is 0 Å². The van der Waals surface area contributed by atoms with E-state index in [1.54, 1.807) is 6.07 Å². The summed E-state index contributed by atoms with van der Waals surface area (Å²) in [6.45, 7) is 3.79. The maximum atomic E-state index is 12.1. The van der Waals surface area contributed by atoms with Crippen LogP contribution in [0.2, 0.25) is 0 Å². The molecule has 1 unspecified atom stereocenters. The van der Waals surface area contributed by atoms with E-state index in [2.05, 4.69) is 17.6 Å². The van der Waals surface area contributed by atoms with Gasteiger partial charge in [-0.15, -0.1) is 0 Å². The molecule has 2 rings (SSSR count). The lowest BCUT2D eigenvalue weighted by Gasteiger charge is -2.17. The molecule has 0 heterocycles. The summed E-state index contributed by atoms with van der Waals surface area (Å²) >= 11 is 0. The highest BCUT2D eigenvalue weighted by Crippen LogP contribution is 2.15. The number of amides is 2. The average molecular weight is 340 g/mol. The Morgan fingerprint density at radius 1 is 0.960 bits per heavy atom. The van der Waals surface area contributed by atoms with Crippen LogP contribution in [0.1, 0.15) is 36.6 Å². The lowest BCUT2D eigenvalue weighted by molar-refractivity contribution is -0.136. The molecule has 0 saturated heterocycles. The first-order valence-electron chi connectivity index (χ1n) is 8.47. The largest absolute Gasteiger partial charge is 0.394 e. The van der Waals surface area contributed by atoms with Crippen LogP contribution in [0.5, 0.6) is 0 Å². The molecule has 3 N–H and O–H groups in total. The molecule has 0 fully saturated rings. The minimum atomic E-state index is -0.777. The van der Waals surface area contributed by atoms with Crippen LogP contribution in [0.4, 0.5) is 5.69 Å². The van der Waals surface area contributed by atoms with Crippen molar-refractivity contribution in [3.05, 3.63) is 65.2 Å². The van der Waals surface area contributed by atoms with Crippen LogP contribution in [0.3, 0.4) is 0 Å². The summed E-state index contributed by atoms with van der Waals surface area (Å²) in [6.07, 6.45) is 1.76. The molecule has 2 aromatic rings. The van der Waals surface area contributed by atoms with Crippen molar-refractivity contribution in [2.75, 3.05) is 11.9 Å². The molecule has 5 heteroatoms. The van der Waals surface area contributed by atoms with Crippen molar-refractivity contribution in [1.29, 1.82) is 0 Å². The fourth-order valence-corrected chi connectivity index (χ4v) is 2.50. The van der Waals surface area contributed by atoms with Gasteiger partial charge >= 0.3 is 11.8 Å². The number of aryl methyl sites for hydroxylation is 2. The molecular weight excluding hydrogens is 316 g/mol. The van der Waals surface area contributed by atoms with Gasteiger partial charge in [0, 0.05) is 5.69 Å². The lowest BCUT2D eigenvalue weighted by Crippen LogP contribution is -2.39. The Labute approximate surface area is 148 Å². The molecule has 0 aliphatic carbocycles. The molecule has 0 aliphatic heterocycles. The highest BCUT2D eigenvalue weighted by molar-refractivity contribution is 6.39. The molecule has 132 valence electrons. The molecule has 2 amide bonds. The van der Waals surface area contributed by atoms with Gasteiger partial charge in [-0.05, 0) is 41.7 Å². The maximum Gasteiger partial charge on any atom is 0.313 e. The number of rotatable bonds is 6. The number of carbonyl (C=O) groups is 2. The average Bonchev–Trinajstić information content (AvgIpc) is 2.66. The molecule has 0 radical (unpaired) electrons. The SMILES string of the molecule is CCc1ccc(C(CO)NC(=O)C(=O)Nc2cccc(CC)c2)cc1. The van der Waals surface area contributed by atoms with Crippen molar-refractivity contribution >= 4 is 17.5 Å². The van der Waals surface area contributed by atoms with Crippen molar-refractivity contribution in [3.63, 3.8) is 0 Å². The molecule has 5 nitrogen and oxygen atoms in total. The maximum absolute atomic E-state index is 12.1. The summed E-state index contributed by atoms with van der Waals surface area (Å²) in [5, 5.41) is 14.7. The van der Waals surface area contributed by atoms with Gasteiger partial charge in [-0.25, -0.2) is 0 Å². The van der Waals surface area contributed by atoms with Crippen LogP contribution >= 0.6 is 0 Å². The second-order valence-electron chi connectivity index (χ2n) is 5.81. The molecule has 25 heavy (non-hydrogen) atoms. The van der Waals surface area contributed by atoms with Gasteiger partial charge in [-0.3, -0.25) is 9.59 Å². The van der Waals surface area contributed by atoms with Gasteiger partial charge in [-0.2, -0.15) is 0 Å². The third-order valence-electron chi connectivity index (χ3n) is 4.08. The van der Waals surface area contributed by atoms with Crippen LogP contribution in [0.15, 0.2) is 48.5 Å². The smallest absolute Gasteiger partial charge is 0.313 e. The summed E-state index contributed by atoms with van der Waals surface area (Å²) < 4.78 is 0. The Balaban J connectivity index is 2.01. The fourth-order valence-electron chi connectivity index (χ4n) is 2.50. The van der Waals surface area contributed by atoms with Crippen LogP contribution in [0, 0.1) is 0 Å². The zero-order chi connectivity index (χ0) is 18.2. The van der Waals surface area contributed by atoms with E-state index >= 15 is 0 Å². The van der Waals surface area contributed by atoms with Crippen LogP contribution in [-0.4, -0.2) is 23.5 Å². The number of hydrogen-bond donors (Lipinski definition) is 3. The number of anilines is 1. The molecule has 0 saturated carbocycles. The topological polar surface area (TPSA) is 78.4 Å². The van der Waals surface area contributed by atoms with E-state index < -0.39 is 17.9 Å². The third-order valence-corrected chi connectivity index (χ3v) is 4.08. The first-order valence-corrected chi connectivity index (χ1v) is 8.47. The number of aliphatic hydroxyl groups is 1. The predicted molar refractivity (Wildman–Crippen MR) is 98.2 cm³/mol. The second kappa shape index (κ2) is 8.99. The standard InChI is InChI=1S/C20H24N2O3/c1-3-14-8-10-16(11-9-14)18(13-23)22-20(25)19(24)21-17-7-5-6-15(4-2)12-17/h5-12,18,23H,3-4,13H2,1-2H3,(H,21,24)(H,22,25). The predicted octanol–water partition coefficient (Wildman–Crippen LogP) is 2.60. The fraction of sp³-hybridized carbons (Fsp3) is 0.300. The quantitative estimate of drug-likeness (QED) is 0.707. The number of nitrogens with one attached hydrogen (secondary N) is 2. The highest BCUT2D eigenvalue weighted by Gasteiger charge is 2.19. The molecule has 0 spiro atoms. The van der Waals surface area contributed by atoms with Crippen LogP contribution in [0.25, 0.3) is 0 Å². The second-order valence-corrected chi connectivity index (χ2v) is 5.81. The molecule has 1 atom stereocenters. The van der Waals surface area contributed by atoms with E-state index in [-0.39, 0.29) is 6.61 Å². The molecule has 0 aliphatic rings. The van der Waals surface area contributed by atoms with Crippen molar-refractivity contribution < 1.29 is 14.7 Å². The van der Waals surface area contributed by atoms with E-state index in [0.29, 0.717) is 5.69 Å². The normalized spacial score (nSPS) is 11.6. The van der Waals surface area contributed by atoms with Gasteiger partial charge in [0.05, 0.1) is 12.6 Å². The summed E-state index contributed by atoms with van der Waals surface area (Å²) in [5.41, 5.74) is 3.57. The van der Waals surface area contributed by atoms with E-state index in [4.69, 9.17) is 0 Å². The van der Waals surface area contributed by atoms with E-state index in [1.807, 2.05) is 49.4 Å². The Hall–Kier alpha value is -2.66. The Morgan fingerprint density at radius 3 is 2.24 bits per heavy atom. The molecule has 2 aromatic carbocycles. The van der Waals surface area contributed by atoms with E-state index in [9.17, 15) is 14.7 Å². The Bertz CT molecular complexity index is 726. The zero-order valence-electron chi connectivity index (χ0n) is 14.6. The van der Waals surface area contributed by atoms with E-state index in [1.165, 1.54) is 5.56 Å². The first-order chi connectivity index (χ1) is 12.1. The molecular formula is C20H24N2O3. The van der Waals surface area contributed by atoms with Crippen molar-refractivity contribution in [2.45, 2.75) is 32.7 Å². The third kappa shape index (κ3) is 5.16. The molecule has 0 bridgehead atoms. The number of benzene rings is 2. The number of hydrogen-bond acceptors (Lipinski definition) is 3. The van der Waals surface area contributed by atoms with Crippen molar-refractivity contribution in [3.8, 4) is 0 Å². The van der Waals surface area contributed by atoms with Gasteiger partial charge in [0.2, 0.25) is 0 Å². The van der Waals surface area contributed by atoms with Gasteiger partial charge in [0.15, 0.2) is 0 Å². The number of aliphatic hydroxyl groups excluding tert-OH is 1. The number of carbonyl (C=O) groups excluding carboxylic acids is 2. The van der Waals surface area contributed by atoms with Gasteiger partial charge in [-0.1, -0.05) is 50.2 Å².